The summed E-state index contributed by atoms with van der Waals surface area (Å²) in [5.74, 6) is -0.840. The van der Waals surface area contributed by atoms with Gasteiger partial charge in [-0.3, -0.25) is 19.3 Å². The second-order valence-corrected chi connectivity index (χ2v) is 6.67. The normalized spacial score (nSPS) is 16.2. The zero-order valence-corrected chi connectivity index (χ0v) is 13.5. The third kappa shape index (κ3) is 3.69. The molecule has 0 radical (unpaired) electrons. The smallest absolute Gasteiger partial charge is 0.294 e. The number of para-hydroxylation sites is 1. The highest BCUT2D eigenvalue weighted by Crippen LogP contribution is 2.32. The first-order valence-corrected chi connectivity index (χ1v) is 8.47. The molecule has 1 saturated heterocycles. The first kappa shape index (κ1) is 15.5. The Kier molecular flexibility index (Phi) is 4.59. The first-order valence-electron chi connectivity index (χ1n) is 6.77. The van der Waals surface area contributed by atoms with E-state index in [1.54, 1.807) is 30.3 Å². The van der Waals surface area contributed by atoms with Gasteiger partial charge in [0, 0.05) is 10.6 Å². The van der Waals surface area contributed by atoms with Crippen LogP contribution in [0.2, 0.25) is 0 Å². The Morgan fingerprint density at radius 2 is 1.91 bits per heavy atom. The van der Waals surface area contributed by atoms with Crippen molar-refractivity contribution in [2.45, 2.75) is 0 Å². The zero-order chi connectivity index (χ0) is 16.2. The van der Waals surface area contributed by atoms with Gasteiger partial charge < -0.3 is 5.32 Å². The van der Waals surface area contributed by atoms with Crippen LogP contribution < -0.4 is 5.32 Å². The Morgan fingerprint density at radius 1 is 1.13 bits per heavy atom. The van der Waals surface area contributed by atoms with Gasteiger partial charge in [0.1, 0.15) is 6.54 Å². The highest BCUT2D eigenvalue weighted by atomic mass is 32.2. The summed E-state index contributed by atoms with van der Waals surface area (Å²) in [6.45, 7) is -0.290. The molecule has 116 valence electrons. The fraction of sp³-hybridized carbons (Fsp3) is 0.0625. The van der Waals surface area contributed by atoms with Crippen LogP contribution in [0.4, 0.5) is 10.5 Å². The van der Waals surface area contributed by atoms with Crippen LogP contribution in [0.1, 0.15) is 4.88 Å². The molecule has 2 aromatic rings. The summed E-state index contributed by atoms with van der Waals surface area (Å²) in [5.41, 5.74) is 0.624. The van der Waals surface area contributed by atoms with Gasteiger partial charge >= 0.3 is 0 Å². The van der Waals surface area contributed by atoms with Crippen LogP contribution in [-0.4, -0.2) is 28.5 Å². The number of nitrogens with one attached hydrogen (secondary N) is 1. The number of anilines is 1. The Hall–Kier alpha value is -2.38. The fourth-order valence-electron chi connectivity index (χ4n) is 2.00. The van der Waals surface area contributed by atoms with E-state index in [4.69, 9.17) is 0 Å². The lowest BCUT2D eigenvalue weighted by Crippen LogP contribution is -2.36. The van der Waals surface area contributed by atoms with Crippen LogP contribution in [-0.2, 0) is 9.59 Å². The maximum absolute atomic E-state index is 12.3. The van der Waals surface area contributed by atoms with E-state index in [1.165, 1.54) is 11.3 Å². The highest BCUT2D eigenvalue weighted by Gasteiger charge is 2.36. The molecule has 3 rings (SSSR count). The lowest BCUT2D eigenvalue weighted by molar-refractivity contribution is -0.127. The van der Waals surface area contributed by atoms with Crippen LogP contribution in [0.3, 0.4) is 0 Å². The molecule has 7 heteroatoms. The topological polar surface area (TPSA) is 66.5 Å². The third-order valence-electron chi connectivity index (χ3n) is 3.05. The van der Waals surface area contributed by atoms with Crippen molar-refractivity contribution in [1.82, 2.24) is 4.90 Å². The number of benzene rings is 1. The molecule has 1 fully saturated rings. The van der Waals surface area contributed by atoms with Crippen molar-refractivity contribution in [1.29, 1.82) is 0 Å². The monoisotopic (exact) mass is 344 g/mol. The minimum atomic E-state index is -0.434. The summed E-state index contributed by atoms with van der Waals surface area (Å²) in [6.07, 6.45) is 1.67. The maximum Gasteiger partial charge on any atom is 0.294 e. The molecule has 2 heterocycles. The van der Waals surface area contributed by atoms with E-state index < -0.39 is 17.1 Å². The number of thioether (sulfide) groups is 1. The Balaban J connectivity index is 1.67. The van der Waals surface area contributed by atoms with E-state index in [9.17, 15) is 14.4 Å². The average molecular weight is 344 g/mol. The molecule has 0 unspecified atom stereocenters. The quantitative estimate of drug-likeness (QED) is 0.863. The summed E-state index contributed by atoms with van der Waals surface area (Å²) in [4.78, 5) is 38.4. The van der Waals surface area contributed by atoms with Gasteiger partial charge in [0.05, 0.1) is 4.91 Å². The van der Waals surface area contributed by atoms with Crippen molar-refractivity contribution in [2.75, 3.05) is 11.9 Å². The van der Waals surface area contributed by atoms with Gasteiger partial charge in [-0.15, -0.1) is 11.3 Å². The summed E-state index contributed by atoms with van der Waals surface area (Å²) in [7, 11) is 0. The molecular weight excluding hydrogens is 332 g/mol. The molecule has 1 aromatic carbocycles. The maximum atomic E-state index is 12.3. The van der Waals surface area contributed by atoms with Crippen LogP contribution in [0.25, 0.3) is 6.08 Å². The van der Waals surface area contributed by atoms with Gasteiger partial charge in [-0.05, 0) is 41.4 Å². The Labute approximate surface area is 141 Å². The molecule has 5 nitrogen and oxygen atoms in total. The summed E-state index contributed by atoms with van der Waals surface area (Å²) < 4.78 is 0. The molecule has 1 aromatic heterocycles. The summed E-state index contributed by atoms with van der Waals surface area (Å²) >= 11 is 2.33. The molecule has 3 amide bonds. The molecule has 0 spiro atoms. The number of thiophene rings is 1. The van der Waals surface area contributed by atoms with E-state index in [0.717, 1.165) is 21.5 Å². The predicted octanol–water partition coefficient (Wildman–Crippen LogP) is 3.42. The van der Waals surface area contributed by atoms with Crippen molar-refractivity contribution >= 4 is 51.9 Å². The van der Waals surface area contributed by atoms with E-state index in [0.29, 0.717) is 10.6 Å². The molecule has 0 aliphatic carbocycles. The minimum Gasteiger partial charge on any atom is -0.325 e. The molecule has 1 N–H and O–H groups in total. The van der Waals surface area contributed by atoms with E-state index in [1.807, 2.05) is 23.6 Å². The first-order chi connectivity index (χ1) is 11.1. The Morgan fingerprint density at radius 3 is 2.61 bits per heavy atom. The van der Waals surface area contributed by atoms with Gasteiger partial charge in [0.15, 0.2) is 0 Å². The second-order valence-electron chi connectivity index (χ2n) is 4.70. The highest BCUT2D eigenvalue weighted by molar-refractivity contribution is 8.18. The molecule has 1 aliphatic heterocycles. The minimum absolute atomic E-state index is 0.290. The number of nitrogens with zero attached hydrogens (tertiary/aromatic N) is 1. The lowest BCUT2D eigenvalue weighted by atomic mass is 10.3. The number of hydrogen-bond acceptors (Lipinski definition) is 5. The van der Waals surface area contributed by atoms with Crippen LogP contribution in [0.5, 0.6) is 0 Å². The van der Waals surface area contributed by atoms with Crippen molar-refractivity contribution in [2.24, 2.45) is 0 Å². The van der Waals surface area contributed by atoms with Gasteiger partial charge in [0.25, 0.3) is 11.1 Å². The average Bonchev–Trinajstić information content (AvgIpc) is 3.13. The van der Waals surface area contributed by atoms with Gasteiger partial charge in [-0.25, -0.2) is 0 Å². The number of imide groups is 1. The zero-order valence-electron chi connectivity index (χ0n) is 11.9. The molecule has 0 atom stereocenters. The van der Waals surface area contributed by atoms with Crippen molar-refractivity contribution in [3.63, 3.8) is 0 Å². The SMILES string of the molecule is O=C(CN1C(=O)S/C(=C\c2cccs2)C1=O)Nc1ccccc1. The summed E-state index contributed by atoms with van der Waals surface area (Å²) in [5, 5.41) is 4.12. The molecule has 0 bridgehead atoms. The van der Waals surface area contributed by atoms with Crippen LogP contribution in [0, 0.1) is 0 Å². The lowest BCUT2D eigenvalue weighted by Gasteiger charge is -2.12. The van der Waals surface area contributed by atoms with Crippen molar-refractivity contribution in [3.8, 4) is 0 Å². The second kappa shape index (κ2) is 6.80. The van der Waals surface area contributed by atoms with Crippen molar-refractivity contribution in [3.05, 3.63) is 57.6 Å². The predicted molar refractivity (Wildman–Crippen MR) is 92.1 cm³/mol. The number of carbonyl (C=O) groups is 3. The largest absolute Gasteiger partial charge is 0.325 e. The third-order valence-corrected chi connectivity index (χ3v) is 4.78. The van der Waals surface area contributed by atoms with Crippen LogP contribution in [0.15, 0.2) is 52.7 Å². The van der Waals surface area contributed by atoms with Gasteiger partial charge in [-0.1, -0.05) is 24.3 Å². The number of carbonyl (C=O) groups excluding carboxylic acids is 3. The van der Waals surface area contributed by atoms with Gasteiger partial charge in [0.2, 0.25) is 5.91 Å². The van der Waals surface area contributed by atoms with E-state index >= 15 is 0 Å². The number of rotatable bonds is 4. The fourth-order valence-corrected chi connectivity index (χ4v) is 3.57. The standard InChI is InChI=1S/C16H12N2O3S2/c19-14(17-11-5-2-1-3-6-11)10-18-15(20)13(23-16(18)21)9-12-7-4-8-22-12/h1-9H,10H2,(H,17,19)/b13-9-. The number of hydrogen-bond donors (Lipinski definition) is 1. The Bertz CT molecular complexity index is 770. The van der Waals surface area contributed by atoms with Crippen LogP contribution >= 0.6 is 23.1 Å². The molecule has 1 aliphatic rings. The summed E-state index contributed by atoms with van der Waals surface area (Å²) in [6, 6.07) is 12.6. The van der Waals surface area contributed by atoms with Crippen molar-refractivity contribution < 1.29 is 14.4 Å². The van der Waals surface area contributed by atoms with E-state index in [-0.39, 0.29) is 6.54 Å². The number of amides is 3. The molecular formula is C16H12N2O3S2. The molecule has 0 saturated carbocycles. The van der Waals surface area contributed by atoms with Gasteiger partial charge in [-0.2, -0.15) is 0 Å². The van der Waals surface area contributed by atoms with E-state index in [2.05, 4.69) is 5.32 Å². The molecule has 23 heavy (non-hydrogen) atoms.